The number of carbonyl (C=O) groups excluding carboxylic acids is 2. The summed E-state index contributed by atoms with van der Waals surface area (Å²) in [4.78, 5) is 35.6. The highest BCUT2D eigenvalue weighted by atomic mass is 31.2. The number of hydrogen-bond acceptors (Lipinski definition) is 7. The zero-order valence-corrected chi connectivity index (χ0v) is 51.0. The lowest BCUT2D eigenvalue weighted by Gasteiger charge is -2.24. The predicted molar refractivity (Wildman–Crippen MR) is 317 cm³/mol. The Morgan fingerprint density at radius 1 is 0.405 bits per heavy atom. The molecular weight excluding hydrogens is 942 g/mol. The molecule has 0 heterocycles. The average Bonchev–Trinajstić information content (AvgIpc) is 3.36. The lowest BCUT2D eigenvalue weighted by atomic mass is 10.0. The molecule has 0 saturated heterocycles. The van der Waals surface area contributed by atoms with E-state index in [1.165, 1.54) is 270 Å². The molecular formula is C64H127NO8P+. The number of quaternary nitrogens is 1. The van der Waals surface area contributed by atoms with Gasteiger partial charge in [0.05, 0.1) is 27.7 Å². The number of ether oxygens (including phenoxy) is 2. The van der Waals surface area contributed by atoms with Crippen LogP contribution in [0.25, 0.3) is 0 Å². The number of carbonyl (C=O) groups is 2. The Balaban J connectivity index is 3.86. The standard InChI is InChI=1S/C64H126NO8P/c1-6-8-10-12-14-16-18-20-21-22-23-24-25-26-27-28-29-30-31-32-33-34-35-36-37-38-39-40-41-42-43-45-47-49-51-53-55-57-64(67)73-62(61-72-74(68,69)71-59-58-65(3,4)5)60-70-63(66)56-54-52-50-48-46-44-19-17-15-13-11-9-7-2/h22-23,62H,6-21,24-61H2,1-5H3/p+1/b23-22-. The highest BCUT2D eigenvalue weighted by Crippen LogP contribution is 2.43. The first-order valence-corrected chi connectivity index (χ1v) is 33.9. The van der Waals surface area contributed by atoms with E-state index >= 15 is 0 Å². The summed E-state index contributed by atoms with van der Waals surface area (Å²) in [5, 5.41) is 0. The lowest BCUT2D eigenvalue weighted by molar-refractivity contribution is -0.870. The maximum atomic E-state index is 12.8. The average molecular weight is 1070 g/mol. The Morgan fingerprint density at radius 3 is 1.00 bits per heavy atom. The molecule has 0 aromatic rings. The normalized spacial score (nSPS) is 13.2. The van der Waals surface area contributed by atoms with Gasteiger partial charge in [0.15, 0.2) is 6.10 Å². The van der Waals surface area contributed by atoms with Crippen LogP contribution in [0.4, 0.5) is 0 Å². The molecule has 0 aliphatic rings. The molecule has 0 radical (unpaired) electrons. The van der Waals surface area contributed by atoms with E-state index in [9.17, 15) is 19.0 Å². The number of unbranched alkanes of at least 4 members (excludes halogenated alkanes) is 45. The first kappa shape index (κ1) is 72.8. The summed E-state index contributed by atoms with van der Waals surface area (Å²) in [5.74, 6) is -0.776. The molecule has 0 aromatic carbocycles. The predicted octanol–water partition coefficient (Wildman–Crippen LogP) is 20.4. The van der Waals surface area contributed by atoms with Crippen molar-refractivity contribution in [3.8, 4) is 0 Å². The van der Waals surface area contributed by atoms with Crippen molar-refractivity contribution in [1.82, 2.24) is 0 Å². The zero-order valence-electron chi connectivity index (χ0n) is 50.1. The number of allylic oxidation sites excluding steroid dienone is 2. The molecule has 0 aliphatic heterocycles. The Bertz CT molecular complexity index is 1260. The fraction of sp³-hybridized carbons (Fsp3) is 0.938. The molecule has 2 unspecified atom stereocenters. The maximum Gasteiger partial charge on any atom is 0.472 e. The van der Waals surface area contributed by atoms with Crippen LogP contribution in [-0.4, -0.2) is 74.9 Å². The molecule has 0 bridgehead atoms. The van der Waals surface area contributed by atoms with Crippen molar-refractivity contribution in [1.29, 1.82) is 0 Å². The van der Waals surface area contributed by atoms with Gasteiger partial charge < -0.3 is 18.9 Å². The summed E-state index contributed by atoms with van der Waals surface area (Å²) in [5.41, 5.74) is 0. The van der Waals surface area contributed by atoms with Crippen molar-refractivity contribution >= 4 is 19.8 Å². The first-order chi connectivity index (χ1) is 36.0. The molecule has 440 valence electrons. The molecule has 0 fully saturated rings. The number of likely N-dealkylation sites (N-methyl/N-ethyl adjacent to an activating group) is 1. The Kier molecular flexibility index (Phi) is 55.5. The van der Waals surface area contributed by atoms with E-state index in [4.69, 9.17) is 18.5 Å². The number of nitrogens with zero attached hydrogens (tertiary/aromatic N) is 1. The SMILES string of the molecule is CCCCCCCCCC/C=C\CCCCCCCCCCCCCCCCCCCCCCCCCCCC(=O)OC(COC(=O)CCCCCCCCCCCCCCC)COP(=O)(O)OCC[N+](C)(C)C. The second kappa shape index (κ2) is 56.5. The largest absolute Gasteiger partial charge is 0.472 e. The van der Waals surface area contributed by atoms with Crippen molar-refractivity contribution in [2.75, 3.05) is 47.5 Å². The summed E-state index contributed by atoms with van der Waals surface area (Å²) < 4.78 is 34.6. The number of rotatable bonds is 61. The summed E-state index contributed by atoms with van der Waals surface area (Å²) in [7, 11) is 1.50. The number of esters is 2. The summed E-state index contributed by atoms with van der Waals surface area (Å²) in [6.45, 7) is 4.49. The second-order valence-electron chi connectivity index (χ2n) is 23.5. The van der Waals surface area contributed by atoms with Crippen LogP contribution in [0.1, 0.15) is 335 Å². The van der Waals surface area contributed by atoms with E-state index in [-0.39, 0.29) is 25.6 Å². The minimum absolute atomic E-state index is 0.0366. The van der Waals surface area contributed by atoms with Gasteiger partial charge in [0, 0.05) is 12.8 Å². The van der Waals surface area contributed by atoms with Crippen LogP contribution in [0.2, 0.25) is 0 Å². The molecule has 1 N–H and O–H groups in total. The van der Waals surface area contributed by atoms with Gasteiger partial charge in [-0.15, -0.1) is 0 Å². The van der Waals surface area contributed by atoms with E-state index in [2.05, 4.69) is 26.0 Å². The molecule has 0 aliphatic carbocycles. The van der Waals surface area contributed by atoms with Crippen LogP contribution in [0.15, 0.2) is 12.2 Å². The lowest BCUT2D eigenvalue weighted by Crippen LogP contribution is -2.37. The Morgan fingerprint density at radius 2 is 0.689 bits per heavy atom. The highest BCUT2D eigenvalue weighted by molar-refractivity contribution is 7.47. The van der Waals surface area contributed by atoms with Gasteiger partial charge in [-0.25, -0.2) is 4.57 Å². The molecule has 0 amide bonds. The van der Waals surface area contributed by atoms with E-state index < -0.39 is 26.5 Å². The van der Waals surface area contributed by atoms with Crippen LogP contribution < -0.4 is 0 Å². The van der Waals surface area contributed by atoms with Crippen molar-refractivity contribution in [3.63, 3.8) is 0 Å². The van der Waals surface area contributed by atoms with E-state index in [0.717, 1.165) is 38.5 Å². The molecule has 10 heteroatoms. The van der Waals surface area contributed by atoms with E-state index in [1.807, 2.05) is 21.1 Å². The Hall–Kier alpha value is -1.25. The minimum Gasteiger partial charge on any atom is -0.462 e. The summed E-state index contributed by atoms with van der Waals surface area (Å²) in [6.07, 6.45) is 67.6. The van der Waals surface area contributed by atoms with Crippen molar-refractivity contribution in [3.05, 3.63) is 12.2 Å². The molecule has 0 spiro atoms. The number of phosphoric ester groups is 1. The van der Waals surface area contributed by atoms with Gasteiger partial charge in [0.2, 0.25) is 0 Å². The topological polar surface area (TPSA) is 108 Å². The van der Waals surface area contributed by atoms with Gasteiger partial charge in [-0.2, -0.15) is 0 Å². The van der Waals surface area contributed by atoms with E-state index in [0.29, 0.717) is 17.4 Å². The van der Waals surface area contributed by atoms with Crippen LogP contribution in [-0.2, 0) is 32.7 Å². The molecule has 74 heavy (non-hydrogen) atoms. The summed E-state index contributed by atoms with van der Waals surface area (Å²) >= 11 is 0. The number of phosphoric acid groups is 1. The third-order valence-corrected chi connectivity index (χ3v) is 15.8. The van der Waals surface area contributed by atoms with Gasteiger partial charge in [-0.1, -0.05) is 296 Å². The monoisotopic (exact) mass is 1070 g/mol. The fourth-order valence-corrected chi connectivity index (χ4v) is 10.5. The zero-order chi connectivity index (χ0) is 54.2. The third-order valence-electron chi connectivity index (χ3n) is 14.8. The van der Waals surface area contributed by atoms with E-state index in [1.54, 1.807) is 0 Å². The van der Waals surface area contributed by atoms with Gasteiger partial charge in [-0.05, 0) is 38.5 Å². The minimum atomic E-state index is -4.38. The Labute approximate surface area is 460 Å². The quantitative estimate of drug-likeness (QED) is 0.0211. The molecule has 0 aromatic heterocycles. The number of hydrogen-bond donors (Lipinski definition) is 1. The van der Waals surface area contributed by atoms with Crippen LogP contribution >= 0.6 is 7.82 Å². The van der Waals surface area contributed by atoms with Gasteiger partial charge in [0.25, 0.3) is 0 Å². The molecule has 0 rings (SSSR count). The fourth-order valence-electron chi connectivity index (χ4n) is 9.78. The maximum absolute atomic E-state index is 12.8. The summed E-state index contributed by atoms with van der Waals surface area (Å²) in [6, 6.07) is 0. The van der Waals surface area contributed by atoms with Crippen molar-refractivity contribution in [2.24, 2.45) is 0 Å². The van der Waals surface area contributed by atoms with Crippen LogP contribution in [0.5, 0.6) is 0 Å². The van der Waals surface area contributed by atoms with Gasteiger partial charge in [-0.3, -0.25) is 18.6 Å². The first-order valence-electron chi connectivity index (χ1n) is 32.4. The third kappa shape index (κ3) is 60.0. The van der Waals surface area contributed by atoms with Crippen LogP contribution in [0.3, 0.4) is 0 Å². The molecule has 9 nitrogen and oxygen atoms in total. The molecule has 0 saturated carbocycles. The smallest absolute Gasteiger partial charge is 0.462 e. The van der Waals surface area contributed by atoms with Crippen LogP contribution in [0, 0.1) is 0 Å². The van der Waals surface area contributed by atoms with Gasteiger partial charge in [0.1, 0.15) is 19.8 Å². The van der Waals surface area contributed by atoms with Crippen molar-refractivity contribution < 1.29 is 42.1 Å². The van der Waals surface area contributed by atoms with Gasteiger partial charge >= 0.3 is 19.8 Å². The van der Waals surface area contributed by atoms with Crippen molar-refractivity contribution in [2.45, 2.75) is 341 Å². The highest BCUT2D eigenvalue weighted by Gasteiger charge is 2.27. The second-order valence-corrected chi connectivity index (χ2v) is 25.0. The molecule has 2 atom stereocenters.